The Labute approximate surface area is 165 Å². The van der Waals surface area contributed by atoms with Crippen molar-refractivity contribution >= 4 is 11.6 Å². The number of hydrogen-bond donors (Lipinski definition) is 1. The molecule has 4 rings (SSSR count). The zero-order chi connectivity index (χ0) is 19.3. The summed E-state index contributed by atoms with van der Waals surface area (Å²) in [5.74, 6) is 1.94. The molecule has 0 saturated heterocycles. The van der Waals surface area contributed by atoms with Crippen LogP contribution in [0.2, 0.25) is 0 Å². The molecular weight excluding hydrogens is 350 g/mol. The Morgan fingerprint density at radius 1 is 1.18 bits per heavy atom. The monoisotopic (exact) mass is 375 g/mol. The number of aromatic nitrogens is 2. The molecule has 1 aliphatic rings. The van der Waals surface area contributed by atoms with Gasteiger partial charge in [-0.15, -0.1) is 0 Å². The minimum Gasteiger partial charge on any atom is -0.494 e. The van der Waals surface area contributed by atoms with Crippen LogP contribution in [0.5, 0.6) is 5.75 Å². The van der Waals surface area contributed by atoms with Gasteiger partial charge >= 0.3 is 0 Å². The number of aryl methyl sites for hydroxylation is 2. The summed E-state index contributed by atoms with van der Waals surface area (Å²) in [7, 11) is 0. The summed E-state index contributed by atoms with van der Waals surface area (Å²) in [6.45, 7) is 3.63. The third-order valence-corrected chi connectivity index (χ3v) is 4.95. The fourth-order valence-electron chi connectivity index (χ4n) is 3.57. The molecule has 1 amide bonds. The second-order valence-corrected chi connectivity index (χ2v) is 7.08. The number of hydrogen-bond acceptors (Lipinski definition) is 3. The van der Waals surface area contributed by atoms with E-state index in [9.17, 15) is 4.79 Å². The van der Waals surface area contributed by atoms with Gasteiger partial charge in [-0.3, -0.25) is 4.79 Å². The molecule has 0 bridgehead atoms. The summed E-state index contributed by atoms with van der Waals surface area (Å²) in [6.07, 6.45) is 5.91. The van der Waals surface area contributed by atoms with Crippen LogP contribution in [-0.4, -0.2) is 22.1 Å². The van der Waals surface area contributed by atoms with Crippen LogP contribution < -0.4 is 10.1 Å². The number of carbonyl (C=O) groups is 1. The van der Waals surface area contributed by atoms with Gasteiger partial charge in [-0.05, 0) is 49.6 Å². The molecule has 28 heavy (non-hydrogen) atoms. The summed E-state index contributed by atoms with van der Waals surface area (Å²) in [6, 6.07) is 15.5. The minimum absolute atomic E-state index is 0.0366. The number of imidazole rings is 1. The molecule has 144 valence electrons. The summed E-state index contributed by atoms with van der Waals surface area (Å²) in [4.78, 5) is 17.2. The summed E-state index contributed by atoms with van der Waals surface area (Å²) < 4.78 is 7.68. The molecule has 0 saturated carbocycles. The molecule has 1 N–H and O–H groups in total. The van der Waals surface area contributed by atoms with Crippen LogP contribution >= 0.6 is 0 Å². The lowest BCUT2D eigenvalue weighted by molar-refractivity contribution is -0.115. The molecule has 2 heterocycles. The Morgan fingerprint density at radius 3 is 2.82 bits per heavy atom. The third kappa shape index (κ3) is 4.25. The van der Waals surface area contributed by atoms with Crippen molar-refractivity contribution in [3.05, 3.63) is 66.1 Å². The van der Waals surface area contributed by atoms with Crippen molar-refractivity contribution in [3.8, 4) is 17.0 Å². The van der Waals surface area contributed by atoms with E-state index in [0.29, 0.717) is 13.0 Å². The van der Waals surface area contributed by atoms with Gasteiger partial charge < -0.3 is 14.6 Å². The molecule has 3 aromatic rings. The molecule has 0 radical (unpaired) electrons. The molecule has 5 nitrogen and oxygen atoms in total. The smallest absolute Gasteiger partial charge is 0.228 e. The SMILES string of the molecule is CCOc1ccc(CC(=O)Nc2cccc(-c3cn4c(n3)CCCC4)c2)cc1. The minimum atomic E-state index is -0.0366. The van der Waals surface area contributed by atoms with Gasteiger partial charge in [-0.25, -0.2) is 4.98 Å². The van der Waals surface area contributed by atoms with Crippen molar-refractivity contribution in [3.63, 3.8) is 0 Å². The highest BCUT2D eigenvalue weighted by molar-refractivity contribution is 5.92. The third-order valence-electron chi connectivity index (χ3n) is 4.95. The first kappa shape index (κ1) is 18.3. The van der Waals surface area contributed by atoms with Crippen LogP contribution in [0, 0.1) is 0 Å². The van der Waals surface area contributed by atoms with E-state index in [1.165, 1.54) is 12.8 Å². The quantitative estimate of drug-likeness (QED) is 0.692. The van der Waals surface area contributed by atoms with Crippen molar-refractivity contribution in [2.24, 2.45) is 0 Å². The van der Waals surface area contributed by atoms with Crippen molar-refractivity contribution in [2.45, 2.75) is 39.2 Å². The molecule has 1 aliphatic heterocycles. The first-order valence-corrected chi connectivity index (χ1v) is 9.89. The maximum atomic E-state index is 12.4. The highest BCUT2D eigenvalue weighted by Crippen LogP contribution is 2.25. The second-order valence-electron chi connectivity index (χ2n) is 7.08. The van der Waals surface area contributed by atoms with Crippen LogP contribution in [0.15, 0.2) is 54.7 Å². The topological polar surface area (TPSA) is 56.1 Å². The fraction of sp³-hybridized carbons (Fsp3) is 0.304. The first-order chi connectivity index (χ1) is 13.7. The van der Waals surface area contributed by atoms with Gasteiger partial charge in [0.25, 0.3) is 0 Å². The average Bonchev–Trinajstić information content (AvgIpc) is 3.14. The molecule has 2 aromatic carbocycles. The van der Waals surface area contributed by atoms with Crippen LogP contribution in [-0.2, 0) is 24.2 Å². The first-order valence-electron chi connectivity index (χ1n) is 9.89. The molecule has 0 unspecified atom stereocenters. The van der Waals surface area contributed by atoms with E-state index in [1.54, 1.807) is 0 Å². The predicted molar refractivity (Wildman–Crippen MR) is 111 cm³/mol. The lowest BCUT2D eigenvalue weighted by atomic mass is 10.1. The van der Waals surface area contributed by atoms with E-state index in [-0.39, 0.29) is 5.91 Å². The zero-order valence-corrected chi connectivity index (χ0v) is 16.1. The number of nitrogens with one attached hydrogen (secondary N) is 1. The Morgan fingerprint density at radius 2 is 2.04 bits per heavy atom. The van der Waals surface area contributed by atoms with Crippen LogP contribution in [0.3, 0.4) is 0 Å². The van der Waals surface area contributed by atoms with Gasteiger partial charge in [-0.1, -0.05) is 24.3 Å². The Balaban J connectivity index is 1.43. The number of ether oxygens (including phenoxy) is 1. The fourth-order valence-corrected chi connectivity index (χ4v) is 3.57. The van der Waals surface area contributed by atoms with E-state index in [2.05, 4.69) is 16.1 Å². The average molecular weight is 375 g/mol. The van der Waals surface area contributed by atoms with E-state index in [0.717, 1.165) is 47.0 Å². The number of nitrogens with zero attached hydrogens (tertiary/aromatic N) is 2. The second kappa shape index (κ2) is 8.30. The normalized spacial score (nSPS) is 13.0. The van der Waals surface area contributed by atoms with Crippen molar-refractivity contribution in [1.29, 1.82) is 0 Å². The van der Waals surface area contributed by atoms with Gasteiger partial charge in [0.15, 0.2) is 0 Å². The molecule has 0 atom stereocenters. The Hall–Kier alpha value is -3.08. The van der Waals surface area contributed by atoms with Gasteiger partial charge in [-0.2, -0.15) is 0 Å². The summed E-state index contributed by atoms with van der Waals surface area (Å²) >= 11 is 0. The van der Waals surface area contributed by atoms with Crippen LogP contribution in [0.1, 0.15) is 31.2 Å². The molecule has 0 fully saturated rings. The van der Waals surface area contributed by atoms with Gasteiger partial charge in [0.1, 0.15) is 11.6 Å². The standard InChI is InChI=1S/C23H25N3O2/c1-2-28-20-11-9-17(10-12-20)14-23(27)24-19-7-5-6-18(15-19)21-16-26-13-4-3-8-22(26)25-21/h5-7,9-12,15-16H,2-4,8,13-14H2,1H3,(H,24,27). The largest absolute Gasteiger partial charge is 0.494 e. The number of benzene rings is 2. The van der Waals surface area contributed by atoms with E-state index < -0.39 is 0 Å². The summed E-state index contributed by atoms with van der Waals surface area (Å²) in [5, 5.41) is 3.00. The molecule has 5 heteroatoms. The lowest BCUT2D eigenvalue weighted by Crippen LogP contribution is -2.14. The maximum absolute atomic E-state index is 12.4. The van der Waals surface area contributed by atoms with Crippen molar-refractivity contribution < 1.29 is 9.53 Å². The lowest BCUT2D eigenvalue weighted by Gasteiger charge is -2.11. The number of fused-ring (bicyclic) bond motifs is 1. The number of anilines is 1. The molecule has 0 aliphatic carbocycles. The Bertz CT molecular complexity index is 937. The Kier molecular flexibility index (Phi) is 5.42. The summed E-state index contributed by atoms with van der Waals surface area (Å²) in [5.41, 5.74) is 3.75. The predicted octanol–water partition coefficient (Wildman–Crippen LogP) is 4.47. The molecule has 1 aromatic heterocycles. The van der Waals surface area contributed by atoms with E-state index in [4.69, 9.17) is 9.72 Å². The highest BCUT2D eigenvalue weighted by Gasteiger charge is 2.13. The van der Waals surface area contributed by atoms with Gasteiger partial charge in [0, 0.05) is 30.4 Å². The number of carbonyl (C=O) groups excluding carboxylic acids is 1. The molecular formula is C23H25N3O2. The number of amides is 1. The van der Waals surface area contributed by atoms with E-state index >= 15 is 0 Å². The van der Waals surface area contributed by atoms with Crippen molar-refractivity contribution in [2.75, 3.05) is 11.9 Å². The van der Waals surface area contributed by atoms with Gasteiger partial charge in [0.2, 0.25) is 5.91 Å². The van der Waals surface area contributed by atoms with Crippen molar-refractivity contribution in [1.82, 2.24) is 9.55 Å². The maximum Gasteiger partial charge on any atom is 0.228 e. The zero-order valence-electron chi connectivity index (χ0n) is 16.1. The van der Waals surface area contributed by atoms with Crippen LogP contribution in [0.4, 0.5) is 5.69 Å². The number of rotatable bonds is 6. The van der Waals surface area contributed by atoms with Crippen LogP contribution in [0.25, 0.3) is 11.3 Å². The highest BCUT2D eigenvalue weighted by atomic mass is 16.5. The molecule has 0 spiro atoms. The van der Waals surface area contributed by atoms with Gasteiger partial charge in [0.05, 0.1) is 18.7 Å². The van der Waals surface area contributed by atoms with E-state index in [1.807, 2.05) is 55.5 Å².